The van der Waals surface area contributed by atoms with Gasteiger partial charge in [0.25, 0.3) is 0 Å². The number of nitrogens with two attached hydrogens (primary N) is 1. The molecular weight excluding hydrogens is 427 g/mol. The molecule has 3 heterocycles. The van der Waals surface area contributed by atoms with Crippen LogP contribution >= 0.6 is 0 Å². The number of hydrogen-bond acceptors (Lipinski definition) is 7. The molecule has 1 aliphatic heterocycles. The molecule has 1 unspecified atom stereocenters. The van der Waals surface area contributed by atoms with Crippen molar-refractivity contribution < 1.29 is 19.0 Å². The quantitative estimate of drug-likeness (QED) is 0.481. The number of carbonyl (C=O) groups excluding carboxylic acids is 1. The van der Waals surface area contributed by atoms with Gasteiger partial charge in [-0.1, -0.05) is 17.7 Å². The molecule has 1 aliphatic rings. The lowest BCUT2D eigenvalue weighted by molar-refractivity contribution is 0.176. The van der Waals surface area contributed by atoms with E-state index in [9.17, 15) is 14.3 Å². The monoisotopic (exact) mass is 448 g/mol. The topological polar surface area (TPSA) is 119 Å². The number of phenols is 1. The van der Waals surface area contributed by atoms with E-state index in [-0.39, 0.29) is 24.2 Å². The van der Waals surface area contributed by atoms with Gasteiger partial charge in [-0.15, -0.1) is 0 Å². The SMILES string of the molecule is COC(=O)N1CC(n2nc(-c3cc(O)cc(F)c3)c3c(N)ncnc32)Cc2cc(C)ccc21. The number of hydrogen-bond donors (Lipinski definition) is 2. The van der Waals surface area contributed by atoms with Gasteiger partial charge in [-0.05, 0) is 37.1 Å². The summed E-state index contributed by atoms with van der Waals surface area (Å²) in [5.41, 5.74) is 10.1. The van der Waals surface area contributed by atoms with Crippen LogP contribution in [0.15, 0.2) is 42.7 Å². The maximum atomic E-state index is 14.0. The molecule has 0 spiro atoms. The van der Waals surface area contributed by atoms with Crippen LogP contribution in [0, 0.1) is 12.7 Å². The number of nitrogen functional groups attached to an aromatic ring is 1. The summed E-state index contributed by atoms with van der Waals surface area (Å²) in [6.07, 6.45) is 1.44. The number of phenolic OH excluding ortho intramolecular Hbond substituents is 1. The fourth-order valence-corrected chi connectivity index (χ4v) is 4.38. The molecule has 33 heavy (non-hydrogen) atoms. The zero-order valence-electron chi connectivity index (χ0n) is 18.0. The molecular formula is C23H21FN6O3. The summed E-state index contributed by atoms with van der Waals surface area (Å²) in [5.74, 6) is -0.661. The summed E-state index contributed by atoms with van der Waals surface area (Å²) in [6.45, 7) is 2.27. The second-order valence-electron chi connectivity index (χ2n) is 8.02. The highest BCUT2D eigenvalue weighted by atomic mass is 19.1. The first-order valence-electron chi connectivity index (χ1n) is 10.3. The van der Waals surface area contributed by atoms with E-state index in [4.69, 9.17) is 15.6 Å². The van der Waals surface area contributed by atoms with Gasteiger partial charge >= 0.3 is 6.09 Å². The van der Waals surface area contributed by atoms with Gasteiger partial charge < -0.3 is 15.6 Å². The molecule has 0 radical (unpaired) electrons. The number of anilines is 2. The average molecular weight is 448 g/mol. The number of benzene rings is 2. The summed E-state index contributed by atoms with van der Waals surface area (Å²) in [5, 5.41) is 15.1. The van der Waals surface area contributed by atoms with Crippen LogP contribution in [0.4, 0.5) is 20.7 Å². The number of fused-ring (bicyclic) bond motifs is 2. The minimum atomic E-state index is -0.609. The molecule has 2 aromatic heterocycles. The lowest BCUT2D eigenvalue weighted by Gasteiger charge is -2.34. The van der Waals surface area contributed by atoms with Gasteiger partial charge in [0.2, 0.25) is 0 Å². The fraction of sp³-hybridized carbons (Fsp3) is 0.217. The third-order valence-electron chi connectivity index (χ3n) is 5.79. The Kier molecular flexibility index (Phi) is 4.85. The number of aromatic hydroxyl groups is 1. The Labute approximate surface area is 188 Å². The van der Waals surface area contributed by atoms with Crippen molar-refractivity contribution in [2.75, 3.05) is 24.3 Å². The van der Waals surface area contributed by atoms with Gasteiger partial charge in [-0.3, -0.25) is 4.90 Å². The maximum absolute atomic E-state index is 14.0. The number of nitrogens with zero attached hydrogens (tertiary/aromatic N) is 5. The van der Waals surface area contributed by atoms with E-state index < -0.39 is 11.9 Å². The summed E-state index contributed by atoms with van der Waals surface area (Å²) in [7, 11) is 1.34. The van der Waals surface area contributed by atoms with E-state index >= 15 is 0 Å². The molecule has 0 fully saturated rings. The molecule has 5 rings (SSSR count). The highest BCUT2D eigenvalue weighted by Gasteiger charge is 2.33. The van der Waals surface area contributed by atoms with E-state index in [0.717, 1.165) is 22.9 Å². The van der Waals surface area contributed by atoms with Crippen LogP contribution in [-0.4, -0.2) is 44.6 Å². The van der Waals surface area contributed by atoms with Crippen molar-refractivity contribution in [2.24, 2.45) is 0 Å². The first-order chi connectivity index (χ1) is 15.9. The molecule has 9 nitrogen and oxygen atoms in total. The molecule has 168 valence electrons. The predicted octanol–water partition coefficient (Wildman–Crippen LogP) is 3.60. The number of methoxy groups -OCH3 is 1. The van der Waals surface area contributed by atoms with Crippen molar-refractivity contribution >= 4 is 28.6 Å². The molecule has 0 aliphatic carbocycles. The number of amides is 1. The Morgan fingerprint density at radius 3 is 2.82 bits per heavy atom. The number of aromatic nitrogens is 4. The van der Waals surface area contributed by atoms with Gasteiger partial charge in [0.05, 0.1) is 30.8 Å². The number of rotatable bonds is 2. The van der Waals surface area contributed by atoms with Crippen LogP contribution in [0.1, 0.15) is 17.2 Å². The Morgan fingerprint density at radius 2 is 2.06 bits per heavy atom. The summed E-state index contributed by atoms with van der Waals surface area (Å²) in [6, 6.07) is 9.25. The minimum Gasteiger partial charge on any atom is -0.508 e. The van der Waals surface area contributed by atoms with Crippen molar-refractivity contribution in [1.29, 1.82) is 0 Å². The van der Waals surface area contributed by atoms with E-state index in [1.165, 1.54) is 25.6 Å². The first kappa shape index (κ1) is 20.7. The molecule has 1 atom stereocenters. The minimum absolute atomic E-state index is 0.182. The van der Waals surface area contributed by atoms with Crippen molar-refractivity contribution in [2.45, 2.75) is 19.4 Å². The van der Waals surface area contributed by atoms with Crippen molar-refractivity contribution in [1.82, 2.24) is 19.7 Å². The molecule has 0 saturated carbocycles. The lowest BCUT2D eigenvalue weighted by atomic mass is 9.96. The van der Waals surface area contributed by atoms with Crippen LogP contribution in [0.2, 0.25) is 0 Å². The van der Waals surface area contributed by atoms with Gasteiger partial charge in [-0.2, -0.15) is 5.10 Å². The molecule has 1 amide bonds. The standard InChI is InChI=1S/C23H21FN6O3/c1-12-3-4-18-13(5-12)7-16(10-29(18)23(32)33-2)30-22-19(21(25)26-11-27-22)20(28-30)14-6-15(24)9-17(31)8-14/h3-6,8-9,11,16,31H,7,10H2,1-2H3,(H2,25,26,27). The van der Waals surface area contributed by atoms with Gasteiger partial charge in [0, 0.05) is 11.6 Å². The second-order valence-corrected chi connectivity index (χ2v) is 8.02. The van der Waals surface area contributed by atoms with E-state index in [1.54, 1.807) is 9.58 Å². The van der Waals surface area contributed by atoms with Gasteiger partial charge in [-0.25, -0.2) is 23.8 Å². The van der Waals surface area contributed by atoms with Crippen molar-refractivity contribution in [3.63, 3.8) is 0 Å². The summed E-state index contributed by atoms with van der Waals surface area (Å²) >= 11 is 0. The van der Waals surface area contributed by atoms with E-state index in [2.05, 4.69) is 9.97 Å². The van der Waals surface area contributed by atoms with E-state index in [0.29, 0.717) is 28.7 Å². The number of carbonyl (C=O) groups is 1. The third kappa shape index (κ3) is 3.49. The van der Waals surface area contributed by atoms with Crippen molar-refractivity contribution in [3.05, 3.63) is 59.7 Å². The Morgan fingerprint density at radius 1 is 1.24 bits per heavy atom. The zero-order chi connectivity index (χ0) is 23.3. The average Bonchev–Trinajstić information content (AvgIpc) is 3.18. The molecule has 4 aromatic rings. The Hall–Kier alpha value is -4.21. The Balaban J connectivity index is 1.69. The molecule has 0 saturated heterocycles. The van der Waals surface area contributed by atoms with Crippen LogP contribution in [0.3, 0.4) is 0 Å². The molecule has 2 aromatic carbocycles. The zero-order valence-corrected chi connectivity index (χ0v) is 18.0. The van der Waals surface area contributed by atoms with Crippen LogP contribution in [-0.2, 0) is 11.2 Å². The normalized spacial score (nSPS) is 15.5. The highest BCUT2D eigenvalue weighted by molar-refractivity contribution is 5.98. The fourth-order valence-electron chi connectivity index (χ4n) is 4.38. The number of aryl methyl sites for hydroxylation is 1. The van der Waals surface area contributed by atoms with Gasteiger partial charge in [0.15, 0.2) is 5.65 Å². The van der Waals surface area contributed by atoms with Crippen LogP contribution < -0.4 is 10.6 Å². The smallest absolute Gasteiger partial charge is 0.414 e. The number of ether oxygens (including phenoxy) is 1. The largest absolute Gasteiger partial charge is 0.508 e. The Bertz CT molecular complexity index is 1380. The maximum Gasteiger partial charge on any atom is 0.414 e. The van der Waals surface area contributed by atoms with Gasteiger partial charge in [0.1, 0.15) is 29.4 Å². The van der Waals surface area contributed by atoms with Crippen LogP contribution in [0.5, 0.6) is 5.75 Å². The second kappa shape index (κ2) is 7.73. The molecule has 0 bridgehead atoms. The summed E-state index contributed by atoms with van der Waals surface area (Å²) in [4.78, 5) is 22.6. The van der Waals surface area contributed by atoms with E-state index in [1.807, 2.05) is 25.1 Å². The predicted molar refractivity (Wildman–Crippen MR) is 120 cm³/mol. The molecule has 3 N–H and O–H groups in total. The summed E-state index contributed by atoms with van der Waals surface area (Å²) < 4.78 is 20.7. The number of halogens is 1. The molecule has 10 heteroatoms. The highest BCUT2D eigenvalue weighted by Crippen LogP contribution is 2.37. The van der Waals surface area contributed by atoms with Crippen molar-refractivity contribution in [3.8, 4) is 17.0 Å². The van der Waals surface area contributed by atoms with Crippen LogP contribution in [0.25, 0.3) is 22.3 Å². The lowest BCUT2D eigenvalue weighted by Crippen LogP contribution is -2.41. The third-order valence-corrected chi connectivity index (χ3v) is 5.79. The first-order valence-corrected chi connectivity index (χ1v) is 10.3.